The second-order valence-corrected chi connectivity index (χ2v) is 8.53. The Hall–Kier alpha value is -3.02. The van der Waals surface area contributed by atoms with Gasteiger partial charge in [0.15, 0.2) is 0 Å². The van der Waals surface area contributed by atoms with Gasteiger partial charge in [0.2, 0.25) is 10.0 Å². The Labute approximate surface area is 173 Å². The van der Waals surface area contributed by atoms with Crippen LogP contribution < -0.4 is 4.72 Å². The van der Waals surface area contributed by atoms with Crippen molar-refractivity contribution in [2.24, 2.45) is 0 Å². The summed E-state index contributed by atoms with van der Waals surface area (Å²) in [5.41, 5.74) is 0.581. The molecule has 0 aliphatic carbocycles. The van der Waals surface area contributed by atoms with Gasteiger partial charge in [0.25, 0.3) is 5.69 Å². The van der Waals surface area contributed by atoms with Crippen LogP contribution in [0.15, 0.2) is 59.5 Å². The van der Waals surface area contributed by atoms with E-state index >= 15 is 0 Å². The third kappa shape index (κ3) is 5.32. The Morgan fingerprint density at radius 3 is 2.50 bits per heavy atom. The zero-order chi connectivity index (χ0) is 21.7. The summed E-state index contributed by atoms with van der Waals surface area (Å²) in [5, 5.41) is 20.9. The highest BCUT2D eigenvalue weighted by atomic mass is 32.2. The van der Waals surface area contributed by atoms with Crippen molar-refractivity contribution in [3.63, 3.8) is 0 Å². The number of sulfonamides is 1. The van der Waals surface area contributed by atoms with Crippen LogP contribution in [0, 0.1) is 10.1 Å². The van der Waals surface area contributed by atoms with Gasteiger partial charge in [-0.1, -0.05) is 30.3 Å². The molecule has 2 N–H and O–H groups in total. The predicted molar refractivity (Wildman–Crippen MR) is 106 cm³/mol. The Balaban J connectivity index is 1.63. The number of benzene rings is 2. The first-order chi connectivity index (χ1) is 14.3. The van der Waals surface area contributed by atoms with E-state index in [9.17, 15) is 28.4 Å². The van der Waals surface area contributed by atoms with Crippen molar-refractivity contribution >= 4 is 21.8 Å². The zero-order valence-corrected chi connectivity index (χ0v) is 16.7. The van der Waals surface area contributed by atoms with Gasteiger partial charge in [0, 0.05) is 25.2 Å². The predicted octanol–water partition coefficient (Wildman–Crippen LogP) is 1.65. The Kier molecular flexibility index (Phi) is 6.65. The van der Waals surface area contributed by atoms with Crippen LogP contribution in [0.1, 0.15) is 12.0 Å². The van der Waals surface area contributed by atoms with E-state index < -0.39 is 33.2 Å². The molecule has 1 aliphatic heterocycles. The van der Waals surface area contributed by atoms with E-state index in [2.05, 4.69) is 4.72 Å². The van der Waals surface area contributed by atoms with E-state index in [0.717, 1.165) is 29.8 Å². The number of hydrogen-bond donors (Lipinski definition) is 2. The SMILES string of the molecule is O=C(OCc1ccccc1)N1CC[C@@H](O)[C@@H](NS(=O)(=O)c2ccc([N+](=O)[O-])cc2)C1. The molecule has 1 aliphatic rings. The second-order valence-electron chi connectivity index (χ2n) is 6.82. The van der Waals surface area contributed by atoms with Crippen molar-refractivity contribution in [1.29, 1.82) is 0 Å². The molecule has 11 heteroatoms. The van der Waals surface area contributed by atoms with E-state index in [1.807, 2.05) is 30.3 Å². The third-order valence-corrected chi connectivity index (χ3v) is 6.21. The molecule has 0 saturated carbocycles. The number of ether oxygens (including phenoxy) is 1. The normalized spacial score (nSPS) is 19.3. The molecule has 2 aromatic rings. The van der Waals surface area contributed by atoms with Crippen LogP contribution in [0.5, 0.6) is 0 Å². The molecule has 2 aromatic carbocycles. The molecule has 0 bridgehead atoms. The quantitative estimate of drug-likeness (QED) is 0.519. The number of piperidine rings is 1. The van der Waals surface area contributed by atoms with Gasteiger partial charge in [0.1, 0.15) is 6.61 Å². The van der Waals surface area contributed by atoms with Gasteiger partial charge in [-0.05, 0) is 24.1 Å². The minimum Gasteiger partial charge on any atom is -0.445 e. The molecule has 3 rings (SSSR count). The molecular weight excluding hydrogens is 414 g/mol. The highest BCUT2D eigenvalue weighted by molar-refractivity contribution is 7.89. The van der Waals surface area contributed by atoms with Crippen molar-refractivity contribution in [2.75, 3.05) is 13.1 Å². The lowest BCUT2D eigenvalue weighted by atomic mass is 10.0. The first kappa shape index (κ1) is 21.7. The average molecular weight is 435 g/mol. The fourth-order valence-corrected chi connectivity index (χ4v) is 4.31. The molecule has 0 radical (unpaired) electrons. The number of carbonyl (C=O) groups is 1. The number of nitro groups is 1. The number of non-ortho nitro benzene ring substituents is 1. The minimum atomic E-state index is -4.05. The number of likely N-dealkylation sites (tertiary alicyclic amines) is 1. The number of hydrogen-bond acceptors (Lipinski definition) is 7. The molecule has 2 atom stereocenters. The first-order valence-electron chi connectivity index (χ1n) is 9.17. The van der Waals surface area contributed by atoms with Gasteiger partial charge in [-0.25, -0.2) is 17.9 Å². The van der Waals surface area contributed by atoms with Gasteiger partial charge < -0.3 is 14.7 Å². The summed E-state index contributed by atoms with van der Waals surface area (Å²) in [6.07, 6.45) is -1.42. The van der Waals surface area contributed by atoms with Gasteiger partial charge in [-0.3, -0.25) is 10.1 Å². The van der Waals surface area contributed by atoms with Crippen molar-refractivity contribution in [3.8, 4) is 0 Å². The first-order valence-corrected chi connectivity index (χ1v) is 10.6. The van der Waals surface area contributed by atoms with Crippen LogP contribution >= 0.6 is 0 Å². The lowest BCUT2D eigenvalue weighted by molar-refractivity contribution is -0.384. The maximum absolute atomic E-state index is 12.6. The van der Waals surface area contributed by atoms with Crippen LogP contribution in [0.4, 0.5) is 10.5 Å². The lowest BCUT2D eigenvalue weighted by Crippen LogP contribution is -2.56. The number of rotatable bonds is 6. The summed E-state index contributed by atoms with van der Waals surface area (Å²) in [6, 6.07) is 12.6. The summed E-state index contributed by atoms with van der Waals surface area (Å²) >= 11 is 0. The highest BCUT2D eigenvalue weighted by Crippen LogP contribution is 2.19. The van der Waals surface area contributed by atoms with Crippen LogP contribution in [0.3, 0.4) is 0 Å². The molecule has 1 heterocycles. The van der Waals surface area contributed by atoms with Crippen LogP contribution in [0.25, 0.3) is 0 Å². The van der Waals surface area contributed by atoms with E-state index in [4.69, 9.17) is 4.74 Å². The molecule has 1 amide bonds. The topological polar surface area (TPSA) is 139 Å². The number of nitrogens with zero attached hydrogens (tertiary/aromatic N) is 2. The summed E-state index contributed by atoms with van der Waals surface area (Å²) in [7, 11) is -4.05. The molecule has 0 spiro atoms. The molecular formula is C19H21N3O7S. The Bertz CT molecular complexity index is 997. The largest absolute Gasteiger partial charge is 0.445 e. The number of aliphatic hydroxyl groups is 1. The van der Waals surface area contributed by atoms with E-state index in [-0.39, 0.29) is 36.7 Å². The van der Waals surface area contributed by atoms with Gasteiger partial charge >= 0.3 is 6.09 Å². The third-order valence-electron chi connectivity index (χ3n) is 4.70. The highest BCUT2D eigenvalue weighted by Gasteiger charge is 2.34. The number of aliphatic hydroxyl groups excluding tert-OH is 1. The Morgan fingerprint density at radius 1 is 1.20 bits per heavy atom. The summed E-state index contributed by atoms with van der Waals surface area (Å²) in [6.45, 7) is 0.240. The van der Waals surface area contributed by atoms with E-state index in [1.165, 1.54) is 4.90 Å². The number of amides is 1. The standard InChI is InChI=1S/C19H21N3O7S/c23-18-10-11-21(19(24)29-13-14-4-2-1-3-5-14)12-17(18)20-30(27,28)16-8-6-15(7-9-16)22(25)26/h1-9,17-18,20,23H,10-13H2/t17-,18+/m0/s1. The maximum atomic E-state index is 12.6. The van der Waals surface area contributed by atoms with E-state index in [0.29, 0.717) is 0 Å². The molecule has 10 nitrogen and oxygen atoms in total. The fourth-order valence-electron chi connectivity index (χ4n) is 3.05. The van der Waals surface area contributed by atoms with Crippen molar-refractivity contribution in [2.45, 2.75) is 30.1 Å². The molecule has 30 heavy (non-hydrogen) atoms. The smallest absolute Gasteiger partial charge is 0.410 e. The fraction of sp³-hybridized carbons (Fsp3) is 0.316. The van der Waals surface area contributed by atoms with Crippen LogP contribution in [0.2, 0.25) is 0 Å². The maximum Gasteiger partial charge on any atom is 0.410 e. The summed E-state index contributed by atoms with van der Waals surface area (Å²) in [5.74, 6) is 0. The van der Waals surface area contributed by atoms with Gasteiger partial charge in [-0.15, -0.1) is 0 Å². The molecule has 1 saturated heterocycles. The molecule has 0 unspecified atom stereocenters. The minimum absolute atomic E-state index is 0.0685. The monoisotopic (exact) mass is 435 g/mol. The summed E-state index contributed by atoms with van der Waals surface area (Å²) in [4.78, 5) is 23.6. The van der Waals surface area contributed by atoms with Crippen molar-refractivity contribution < 1.29 is 28.0 Å². The number of nitrogens with one attached hydrogen (secondary N) is 1. The van der Waals surface area contributed by atoms with Crippen LogP contribution in [-0.4, -0.2) is 54.7 Å². The van der Waals surface area contributed by atoms with Crippen molar-refractivity contribution in [1.82, 2.24) is 9.62 Å². The lowest BCUT2D eigenvalue weighted by Gasteiger charge is -2.35. The van der Waals surface area contributed by atoms with Crippen LogP contribution in [-0.2, 0) is 21.4 Å². The zero-order valence-electron chi connectivity index (χ0n) is 15.9. The molecule has 1 fully saturated rings. The average Bonchev–Trinajstić information content (AvgIpc) is 2.74. The van der Waals surface area contributed by atoms with Crippen molar-refractivity contribution in [3.05, 3.63) is 70.3 Å². The van der Waals surface area contributed by atoms with E-state index in [1.54, 1.807) is 0 Å². The number of carbonyl (C=O) groups excluding carboxylic acids is 1. The van der Waals surface area contributed by atoms with Gasteiger partial charge in [0.05, 0.1) is 22.0 Å². The summed E-state index contributed by atoms with van der Waals surface area (Å²) < 4.78 is 32.8. The Morgan fingerprint density at radius 2 is 1.87 bits per heavy atom. The van der Waals surface area contributed by atoms with Gasteiger partial charge in [-0.2, -0.15) is 0 Å². The molecule has 0 aromatic heterocycles. The molecule has 160 valence electrons. The second kappa shape index (κ2) is 9.20. The number of nitro benzene ring substituents is 1.